The Morgan fingerprint density at radius 1 is 0.811 bits per heavy atom. The van der Waals surface area contributed by atoms with Crippen LogP contribution in [0.4, 0.5) is 0 Å². The van der Waals surface area contributed by atoms with Crippen LogP contribution in [0.3, 0.4) is 0 Å². The molecule has 0 fully saturated rings. The van der Waals surface area contributed by atoms with Crippen molar-refractivity contribution in [2.45, 2.75) is 31.9 Å². The maximum atomic E-state index is 12.9. The van der Waals surface area contributed by atoms with Crippen molar-refractivity contribution < 1.29 is 9.53 Å². The zero-order chi connectivity index (χ0) is 25.0. The third kappa shape index (κ3) is 4.83. The van der Waals surface area contributed by atoms with Crippen LogP contribution in [0.5, 0.6) is 5.75 Å². The number of hydrogen-bond acceptors (Lipinski definition) is 3. The van der Waals surface area contributed by atoms with Crippen molar-refractivity contribution in [3.05, 3.63) is 132 Å². The maximum Gasteiger partial charge on any atom is 0.163 e. The highest BCUT2D eigenvalue weighted by atomic mass is 16.5. The van der Waals surface area contributed by atoms with Crippen LogP contribution in [0.15, 0.2) is 116 Å². The first kappa shape index (κ1) is 23.0. The van der Waals surface area contributed by atoms with E-state index in [-0.39, 0.29) is 11.9 Å². The van der Waals surface area contributed by atoms with E-state index in [9.17, 15) is 4.79 Å². The molecule has 0 radical (unpaired) electrons. The van der Waals surface area contributed by atoms with Crippen LogP contribution >= 0.6 is 0 Å². The van der Waals surface area contributed by atoms with Crippen LogP contribution in [0.1, 0.15) is 40.4 Å². The molecule has 1 atom stereocenters. The van der Waals surface area contributed by atoms with Crippen molar-refractivity contribution in [1.82, 2.24) is 9.55 Å². The molecule has 0 aliphatic heterocycles. The number of aromatic nitrogens is 2. The second-order valence-electron chi connectivity index (χ2n) is 9.47. The molecule has 1 aliphatic carbocycles. The van der Waals surface area contributed by atoms with Gasteiger partial charge >= 0.3 is 0 Å². The predicted octanol–water partition coefficient (Wildman–Crippen LogP) is 7.56. The summed E-state index contributed by atoms with van der Waals surface area (Å²) in [6.45, 7) is 0.628. The molecule has 5 aromatic rings. The Morgan fingerprint density at radius 2 is 1.57 bits per heavy atom. The Bertz CT molecular complexity index is 1510. The van der Waals surface area contributed by atoms with Crippen molar-refractivity contribution in [1.29, 1.82) is 0 Å². The van der Waals surface area contributed by atoms with Crippen LogP contribution in [0.25, 0.3) is 22.3 Å². The molecule has 0 amide bonds. The monoisotopic (exact) mass is 484 g/mol. The molecule has 0 bridgehead atoms. The van der Waals surface area contributed by atoms with E-state index >= 15 is 0 Å². The van der Waals surface area contributed by atoms with Crippen LogP contribution in [0, 0.1) is 0 Å². The van der Waals surface area contributed by atoms with Crippen molar-refractivity contribution in [3.63, 3.8) is 0 Å². The van der Waals surface area contributed by atoms with Gasteiger partial charge in [-0.3, -0.25) is 4.79 Å². The number of ether oxygens (including phenoxy) is 1. The number of carbonyl (C=O) groups is 1. The molecule has 0 N–H and O–H groups in total. The lowest BCUT2D eigenvalue weighted by Gasteiger charge is -2.26. The third-order valence-electron chi connectivity index (χ3n) is 7.04. The molecule has 1 aromatic heterocycles. The molecule has 1 heterocycles. The SMILES string of the molecule is O=C1CCCc2c1ccc(O[C@H](Cn1ccnc1)c1ccccc1)c2-c1cccc(-c2ccccc2)c1. The fourth-order valence-electron chi connectivity index (χ4n) is 5.23. The van der Waals surface area contributed by atoms with Crippen LogP contribution in [-0.2, 0) is 13.0 Å². The van der Waals surface area contributed by atoms with Gasteiger partial charge in [-0.2, -0.15) is 0 Å². The van der Waals surface area contributed by atoms with Gasteiger partial charge in [-0.25, -0.2) is 4.98 Å². The first-order chi connectivity index (χ1) is 18.3. The Balaban J connectivity index is 1.47. The molecule has 1 aliphatic rings. The predicted molar refractivity (Wildman–Crippen MR) is 147 cm³/mol. The van der Waals surface area contributed by atoms with Gasteiger partial charge in [0.1, 0.15) is 11.9 Å². The van der Waals surface area contributed by atoms with Gasteiger partial charge in [0.05, 0.1) is 12.9 Å². The summed E-state index contributed by atoms with van der Waals surface area (Å²) in [5.41, 5.74) is 7.40. The number of nitrogens with zero attached hydrogens (tertiary/aromatic N) is 2. The summed E-state index contributed by atoms with van der Waals surface area (Å²) in [6, 6.07) is 33.2. The maximum absolute atomic E-state index is 12.9. The van der Waals surface area contributed by atoms with Gasteiger partial charge in [-0.1, -0.05) is 78.9 Å². The van der Waals surface area contributed by atoms with Crippen molar-refractivity contribution in [3.8, 4) is 28.0 Å². The van der Waals surface area contributed by atoms with Crippen LogP contribution < -0.4 is 4.74 Å². The summed E-state index contributed by atoms with van der Waals surface area (Å²) >= 11 is 0. The lowest BCUT2D eigenvalue weighted by atomic mass is 9.84. The highest BCUT2D eigenvalue weighted by Gasteiger charge is 2.25. The van der Waals surface area contributed by atoms with Crippen LogP contribution in [0.2, 0.25) is 0 Å². The summed E-state index contributed by atoms with van der Waals surface area (Å²) in [4.78, 5) is 17.1. The number of benzene rings is 4. The highest BCUT2D eigenvalue weighted by Crippen LogP contribution is 2.41. The van der Waals surface area contributed by atoms with Crippen molar-refractivity contribution in [2.75, 3.05) is 0 Å². The van der Waals surface area contributed by atoms with E-state index in [0.29, 0.717) is 13.0 Å². The molecule has 4 aromatic carbocycles. The van der Waals surface area contributed by atoms with Gasteiger partial charge in [0.25, 0.3) is 0 Å². The fraction of sp³-hybridized carbons (Fsp3) is 0.152. The van der Waals surface area contributed by atoms with Gasteiger partial charge in [-0.15, -0.1) is 0 Å². The lowest BCUT2D eigenvalue weighted by molar-refractivity contribution is 0.0972. The van der Waals surface area contributed by atoms with Gasteiger partial charge in [-0.05, 0) is 58.9 Å². The molecule has 0 unspecified atom stereocenters. The van der Waals surface area contributed by atoms with Gasteiger partial charge in [0.15, 0.2) is 5.78 Å². The zero-order valence-corrected chi connectivity index (χ0v) is 20.6. The number of ketones is 1. The normalized spacial score (nSPS) is 13.7. The van der Waals surface area contributed by atoms with E-state index in [1.807, 2.05) is 53.5 Å². The second kappa shape index (κ2) is 10.3. The third-order valence-corrected chi connectivity index (χ3v) is 7.04. The molecule has 0 saturated carbocycles. The lowest BCUT2D eigenvalue weighted by Crippen LogP contribution is -2.17. The highest BCUT2D eigenvalue weighted by molar-refractivity contribution is 6.01. The molecular formula is C33H28N2O2. The van der Waals surface area contributed by atoms with Crippen LogP contribution in [-0.4, -0.2) is 15.3 Å². The molecule has 0 spiro atoms. The van der Waals surface area contributed by atoms with Gasteiger partial charge < -0.3 is 9.30 Å². The van der Waals surface area contributed by atoms with E-state index in [0.717, 1.165) is 57.5 Å². The topological polar surface area (TPSA) is 44.1 Å². The molecule has 182 valence electrons. The minimum Gasteiger partial charge on any atom is -0.483 e. The van der Waals surface area contributed by atoms with E-state index < -0.39 is 0 Å². The number of fused-ring (bicyclic) bond motifs is 1. The molecule has 4 nitrogen and oxygen atoms in total. The van der Waals surface area contributed by atoms with Gasteiger partial charge in [0.2, 0.25) is 0 Å². The zero-order valence-electron chi connectivity index (χ0n) is 20.6. The minimum absolute atomic E-state index is 0.214. The largest absolute Gasteiger partial charge is 0.483 e. The second-order valence-corrected chi connectivity index (χ2v) is 9.47. The number of hydrogen-bond donors (Lipinski definition) is 0. The standard InChI is InChI=1S/C33H28N2O2/c36-30-16-8-15-29-28(30)17-18-31(33(29)27-14-7-13-26(21-27)24-9-3-1-4-10-24)37-32(22-35-20-19-34-23-35)25-11-5-2-6-12-25/h1-7,9-14,17-21,23,32H,8,15-16,22H2/t32-/m1/s1. The summed E-state index contributed by atoms with van der Waals surface area (Å²) in [6.07, 6.45) is 7.66. The average molecular weight is 485 g/mol. The molecule has 6 rings (SSSR count). The van der Waals surface area contributed by atoms with Crippen molar-refractivity contribution in [2.24, 2.45) is 0 Å². The Kier molecular flexibility index (Phi) is 6.38. The molecule has 37 heavy (non-hydrogen) atoms. The smallest absolute Gasteiger partial charge is 0.163 e. The van der Waals surface area contributed by atoms with E-state index in [2.05, 4.69) is 65.6 Å². The van der Waals surface area contributed by atoms with Crippen molar-refractivity contribution >= 4 is 5.78 Å². The Labute approximate surface area is 217 Å². The molecule has 4 heteroatoms. The fourth-order valence-corrected chi connectivity index (χ4v) is 5.23. The summed E-state index contributed by atoms with van der Waals surface area (Å²) in [5.74, 6) is 1.01. The number of carbonyl (C=O) groups excluding carboxylic acids is 1. The van der Waals surface area contributed by atoms with Gasteiger partial charge in [0, 0.05) is 29.9 Å². The van der Waals surface area contributed by atoms with E-state index in [1.165, 1.54) is 0 Å². The van der Waals surface area contributed by atoms with E-state index in [4.69, 9.17) is 4.74 Å². The first-order valence-corrected chi connectivity index (χ1v) is 12.8. The molecular weight excluding hydrogens is 456 g/mol. The number of rotatable bonds is 7. The summed E-state index contributed by atoms with van der Waals surface area (Å²) < 4.78 is 8.88. The minimum atomic E-state index is -0.219. The molecule has 0 saturated heterocycles. The summed E-state index contributed by atoms with van der Waals surface area (Å²) in [7, 11) is 0. The Morgan fingerprint density at radius 3 is 2.35 bits per heavy atom. The first-order valence-electron chi connectivity index (χ1n) is 12.8. The number of imidazole rings is 1. The average Bonchev–Trinajstić information content (AvgIpc) is 3.47. The number of Topliss-reactive ketones (excluding diaryl/α,β-unsaturated/α-hetero) is 1. The Hall–Kier alpha value is -4.44. The quantitative estimate of drug-likeness (QED) is 0.239. The van der Waals surface area contributed by atoms with E-state index in [1.54, 1.807) is 6.20 Å². The summed E-state index contributed by atoms with van der Waals surface area (Å²) in [5, 5.41) is 0.